The highest BCUT2D eigenvalue weighted by molar-refractivity contribution is 6.31. The molecule has 1 aromatic carbocycles. The van der Waals surface area contributed by atoms with Crippen LogP contribution in [0, 0.1) is 0 Å². The van der Waals surface area contributed by atoms with Gasteiger partial charge in [-0.3, -0.25) is 9.69 Å². The number of piperazine rings is 1. The van der Waals surface area contributed by atoms with Gasteiger partial charge in [0.1, 0.15) is 0 Å². The highest BCUT2D eigenvalue weighted by atomic mass is 35.5. The summed E-state index contributed by atoms with van der Waals surface area (Å²) in [7, 11) is 0. The molecule has 0 aliphatic carbocycles. The second kappa shape index (κ2) is 5.02. The number of rotatable bonds is 1. The molecule has 102 valence electrons. The molecule has 2 heterocycles. The summed E-state index contributed by atoms with van der Waals surface area (Å²) < 4.78 is 0. The van der Waals surface area contributed by atoms with Crippen molar-refractivity contribution in [3.63, 3.8) is 0 Å². The summed E-state index contributed by atoms with van der Waals surface area (Å²) in [4.78, 5) is 16.9. The van der Waals surface area contributed by atoms with E-state index >= 15 is 0 Å². The second-order valence-corrected chi connectivity index (χ2v) is 5.75. The molecule has 1 amide bonds. The third kappa shape index (κ3) is 2.42. The summed E-state index contributed by atoms with van der Waals surface area (Å²) in [5, 5.41) is 0.553. The van der Waals surface area contributed by atoms with E-state index in [1.807, 2.05) is 4.90 Å². The number of amides is 1. The van der Waals surface area contributed by atoms with E-state index < -0.39 is 0 Å². The average molecular weight is 280 g/mol. The topological polar surface area (TPSA) is 49.6 Å². The largest absolute Gasteiger partial charge is 0.398 e. The van der Waals surface area contributed by atoms with Gasteiger partial charge in [-0.05, 0) is 37.6 Å². The van der Waals surface area contributed by atoms with Crippen molar-refractivity contribution in [3.05, 3.63) is 28.8 Å². The number of halogens is 1. The van der Waals surface area contributed by atoms with Crippen molar-refractivity contribution in [2.75, 3.05) is 31.9 Å². The Balaban J connectivity index is 1.78. The van der Waals surface area contributed by atoms with E-state index in [2.05, 4.69) is 4.90 Å². The van der Waals surface area contributed by atoms with Gasteiger partial charge in [0.25, 0.3) is 5.91 Å². The van der Waals surface area contributed by atoms with Crippen LogP contribution >= 0.6 is 11.6 Å². The minimum absolute atomic E-state index is 0.00606. The highest BCUT2D eigenvalue weighted by Gasteiger charge is 2.33. The van der Waals surface area contributed by atoms with Gasteiger partial charge >= 0.3 is 0 Å². The molecule has 3 rings (SSSR count). The summed E-state index contributed by atoms with van der Waals surface area (Å²) in [6.07, 6.45) is 2.43. The van der Waals surface area contributed by atoms with E-state index in [0.29, 0.717) is 22.3 Å². The zero-order valence-corrected chi connectivity index (χ0v) is 11.6. The quantitative estimate of drug-likeness (QED) is 0.798. The average Bonchev–Trinajstić information content (AvgIpc) is 2.88. The minimum atomic E-state index is 0.00606. The molecule has 1 unspecified atom stereocenters. The van der Waals surface area contributed by atoms with E-state index in [9.17, 15) is 4.79 Å². The Morgan fingerprint density at radius 1 is 1.32 bits per heavy atom. The molecule has 0 radical (unpaired) electrons. The molecular weight excluding hydrogens is 262 g/mol. The molecule has 2 aliphatic heterocycles. The molecule has 2 N–H and O–H groups in total. The first-order valence-corrected chi connectivity index (χ1v) is 7.11. The highest BCUT2D eigenvalue weighted by Crippen LogP contribution is 2.25. The molecular formula is C14H18ClN3O. The lowest BCUT2D eigenvalue weighted by Gasteiger charge is -2.37. The van der Waals surface area contributed by atoms with Crippen LogP contribution in [-0.2, 0) is 0 Å². The number of hydrogen-bond donors (Lipinski definition) is 1. The van der Waals surface area contributed by atoms with Crippen LogP contribution in [0.1, 0.15) is 23.2 Å². The molecule has 0 saturated carbocycles. The smallest absolute Gasteiger partial charge is 0.256 e. The van der Waals surface area contributed by atoms with Crippen LogP contribution in [0.4, 0.5) is 5.69 Å². The molecule has 5 heteroatoms. The molecule has 4 nitrogen and oxygen atoms in total. The minimum Gasteiger partial charge on any atom is -0.398 e. The fourth-order valence-electron chi connectivity index (χ4n) is 3.06. The van der Waals surface area contributed by atoms with Crippen LogP contribution in [0.2, 0.25) is 5.02 Å². The molecule has 1 aromatic rings. The van der Waals surface area contributed by atoms with Gasteiger partial charge in [-0.2, -0.15) is 0 Å². The van der Waals surface area contributed by atoms with Crippen molar-refractivity contribution >= 4 is 23.2 Å². The summed E-state index contributed by atoms with van der Waals surface area (Å²) in [6.45, 7) is 3.73. The summed E-state index contributed by atoms with van der Waals surface area (Å²) in [5.74, 6) is 0.00606. The lowest BCUT2D eigenvalue weighted by Crippen LogP contribution is -2.52. The van der Waals surface area contributed by atoms with E-state index in [4.69, 9.17) is 17.3 Å². The third-order valence-corrected chi connectivity index (χ3v) is 4.36. The van der Waals surface area contributed by atoms with Crippen LogP contribution in [0.3, 0.4) is 0 Å². The number of nitrogen functional groups attached to an aromatic ring is 1. The van der Waals surface area contributed by atoms with Crippen molar-refractivity contribution in [1.29, 1.82) is 0 Å². The predicted octanol–water partition coefficient (Wildman–Crippen LogP) is 1.84. The molecule has 0 aromatic heterocycles. The van der Waals surface area contributed by atoms with Gasteiger partial charge in [0.2, 0.25) is 0 Å². The Bertz CT molecular complexity index is 505. The molecule has 19 heavy (non-hydrogen) atoms. The number of anilines is 1. The number of nitrogens with two attached hydrogens (primary N) is 1. The molecule has 0 spiro atoms. The summed E-state index contributed by atoms with van der Waals surface area (Å²) in [6, 6.07) is 5.60. The fraction of sp³-hybridized carbons (Fsp3) is 0.500. The van der Waals surface area contributed by atoms with Crippen molar-refractivity contribution < 1.29 is 4.79 Å². The van der Waals surface area contributed by atoms with E-state index in [1.54, 1.807) is 18.2 Å². The summed E-state index contributed by atoms with van der Waals surface area (Å²) in [5.41, 5.74) is 6.92. The SMILES string of the molecule is Nc1ccc(Cl)cc1C(=O)N1CCN2CCCC2C1. The number of benzene rings is 1. The first-order chi connectivity index (χ1) is 9.15. The maximum Gasteiger partial charge on any atom is 0.256 e. The van der Waals surface area contributed by atoms with Crippen LogP contribution in [0.5, 0.6) is 0 Å². The number of hydrogen-bond acceptors (Lipinski definition) is 3. The van der Waals surface area contributed by atoms with E-state index in [1.165, 1.54) is 19.4 Å². The number of carbonyl (C=O) groups is 1. The number of nitrogens with zero attached hydrogens (tertiary/aromatic N) is 2. The van der Waals surface area contributed by atoms with E-state index in [0.717, 1.165) is 19.6 Å². The molecule has 0 bridgehead atoms. The first kappa shape index (κ1) is 12.8. The predicted molar refractivity (Wildman–Crippen MR) is 76.4 cm³/mol. The first-order valence-electron chi connectivity index (χ1n) is 6.73. The molecule has 2 fully saturated rings. The Kier molecular flexibility index (Phi) is 3.37. The zero-order chi connectivity index (χ0) is 13.4. The lowest BCUT2D eigenvalue weighted by atomic mass is 10.1. The Morgan fingerprint density at radius 2 is 2.16 bits per heavy atom. The van der Waals surface area contributed by atoms with Crippen LogP contribution in [0.25, 0.3) is 0 Å². The molecule has 2 saturated heterocycles. The van der Waals surface area contributed by atoms with Crippen molar-refractivity contribution in [1.82, 2.24) is 9.80 Å². The van der Waals surface area contributed by atoms with Gasteiger partial charge in [-0.15, -0.1) is 0 Å². The second-order valence-electron chi connectivity index (χ2n) is 5.31. The number of carbonyl (C=O) groups excluding carboxylic acids is 1. The Labute approximate surface area is 118 Å². The molecule has 1 atom stereocenters. The van der Waals surface area contributed by atoms with Gasteiger partial charge in [-0.25, -0.2) is 0 Å². The Hall–Kier alpha value is -1.26. The van der Waals surface area contributed by atoms with Crippen LogP contribution in [-0.4, -0.2) is 47.9 Å². The van der Waals surface area contributed by atoms with Crippen LogP contribution in [0.15, 0.2) is 18.2 Å². The maximum absolute atomic E-state index is 12.5. The van der Waals surface area contributed by atoms with Crippen molar-refractivity contribution in [2.24, 2.45) is 0 Å². The standard InChI is InChI=1S/C14H18ClN3O/c15-10-3-4-13(16)12(8-10)14(19)18-7-6-17-5-1-2-11(17)9-18/h3-4,8,11H,1-2,5-7,9,16H2. The van der Waals surface area contributed by atoms with Gasteiger partial charge in [0.05, 0.1) is 5.56 Å². The Morgan fingerprint density at radius 3 is 3.00 bits per heavy atom. The monoisotopic (exact) mass is 279 g/mol. The molecule has 2 aliphatic rings. The van der Waals surface area contributed by atoms with E-state index in [-0.39, 0.29) is 5.91 Å². The normalized spacial score (nSPS) is 23.4. The summed E-state index contributed by atoms with van der Waals surface area (Å²) >= 11 is 5.95. The third-order valence-electron chi connectivity index (χ3n) is 4.12. The zero-order valence-electron chi connectivity index (χ0n) is 10.8. The lowest BCUT2D eigenvalue weighted by molar-refractivity contribution is 0.0572. The van der Waals surface area contributed by atoms with Crippen molar-refractivity contribution in [3.8, 4) is 0 Å². The van der Waals surface area contributed by atoms with Crippen LogP contribution < -0.4 is 5.73 Å². The van der Waals surface area contributed by atoms with Gasteiger partial charge in [0.15, 0.2) is 0 Å². The number of fused-ring (bicyclic) bond motifs is 1. The van der Waals surface area contributed by atoms with Gasteiger partial charge in [0, 0.05) is 36.4 Å². The van der Waals surface area contributed by atoms with Gasteiger partial charge in [-0.1, -0.05) is 11.6 Å². The fourth-order valence-corrected chi connectivity index (χ4v) is 3.23. The van der Waals surface area contributed by atoms with Crippen molar-refractivity contribution in [2.45, 2.75) is 18.9 Å². The maximum atomic E-state index is 12.5. The van der Waals surface area contributed by atoms with Gasteiger partial charge < -0.3 is 10.6 Å².